The topological polar surface area (TPSA) is 60.8 Å². The van der Waals surface area contributed by atoms with Crippen molar-refractivity contribution in [2.75, 3.05) is 20.1 Å². The molecular formula is C14H21NO3. The zero-order chi connectivity index (χ0) is 13.6. The maximum absolute atomic E-state index is 10.3. The molecule has 1 heterocycles. The molecule has 1 aromatic carbocycles. The molecule has 4 heteroatoms. The van der Waals surface area contributed by atoms with Crippen LogP contribution in [0, 0.1) is 0 Å². The first-order chi connectivity index (χ1) is 8.48. The van der Waals surface area contributed by atoms with Gasteiger partial charge in [-0.05, 0) is 19.0 Å². The summed E-state index contributed by atoms with van der Waals surface area (Å²) in [5, 5.41) is 18.0. The van der Waals surface area contributed by atoms with Crippen molar-refractivity contribution in [3.05, 3.63) is 35.9 Å². The van der Waals surface area contributed by atoms with E-state index in [1.165, 1.54) is 0 Å². The number of carboxylic acid groups (broad SMARTS) is 1. The first-order valence-electron chi connectivity index (χ1n) is 6.16. The zero-order valence-corrected chi connectivity index (χ0v) is 11.0. The van der Waals surface area contributed by atoms with Gasteiger partial charge in [-0.15, -0.1) is 0 Å². The Labute approximate surface area is 108 Å². The van der Waals surface area contributed by atoms with Gasteiger partial charge in [-0.25, -0.2) is 0 Å². The Kier molecular flexibility index (Phi) is 5.31. The van der Waals surface area contributed by atoms with E-state index in [0.717, 1.165) is 25.1 Å². The summed E-state index contributed by atoms with van der Waals surface area (Å²) >= 11 is 0. The highest BCUT2D eigenvalue weighted by molar-refractivity contribution is 5.66. The number of benzene rings is 1. The maximum atomic E-state index is 10.3. The monoisotopic (exact) mass is 251 g/mol. The Morgan fingerprint density at radius 1 is 1.39 bits per heavy atom. The van der Waals surface area contributed by atoms with E-state index < -0.39 is 11.6 Å². The molecule has 1 aliphatic rings. The molecule has 0 spiro atoms. The van der Waals surface area contributed by atoms with E-state index in [0.29, 0.717) is 0 Å². The fourth-order valence-corrected chi connectivity index (χ4v) is 1.96. The lowest BCUT2D eigenvalue weighted by Gasteiger charge is -2.22. The summed E-state index contributed by atoms with van der Waals surface area (Å²) in [5.74, 6) is -0.745. The summed E-state index contributed by atoms with van der Waals surface area (Å²) in [6.45, 7) is 3.32. The Bertz CT molecular complexity index is 380. The highest BCUT2D eigenvalue weighted by atomic mass is 16.4. The van der Waals surface area contributed by atoms with Crippen LogP contribution in [0.3, 0.4) is 0 Å². The van der Waals surface area contributed by atoms with Crippen molar-refractivity contribution >= 4 is 5.97 Å². The van der Waals surface area contributed by atoms with E-state index in [4.69, 9.17) is 5.11 Å². The summed E-state index contributed by atoms with van der Waals surface area (Å²) in [5.41, 5.74) is 0.426. The highest BCUT2D eigenvalue weighted by Gasteiger charge is 2.35. The van der Waals surface area contributed by atoms with Gasteiger partial charge in [0.2, 0.25) is 0 Å². The second-order valence-electron chi connectivity index (χ2n) is 4.63. The lowest BCUT2D eigenvalue weighted by Crippen LogP contribution is -2.28. The minimum atomic E-state index is -0.745. The number of aliphatic carboxylic acids is 1. The molecule has 18 heavy (non-hydrogen) atoms. The van der Waals surface area contributed by atoms with Crippen molar-refractivity contribution in [1.82, 2.24) is 4.90 Å². The smallest absolute Gasteiger partial charge is 0.303 e. The largest absolute Gasteiger partial charge is 0.481 e. The van der Waals surface area contributed by atoms with Crippen molar-refractivity contribution < 1.29 is 15.0 Å². The van der Waals surface area contributed by atoms with Gasteiger partial charge in [0.15, 0.2) is 0 Å². The number of hydrogen-bond acceptors (Lipinski definition) is 3. The van der Waals surface area contributed by atoms with Gasteiger partial charge in [0, 0.05) is 19.5 Å². The molecule has 1 aliphatic heterocycles. The van der Waals surface area contributed by atoms with Gasteiger partial charge in [-0.1, -0.05) is 37.3 Å². The van der Waals surface area contributed by atoms with Crippen LogP contribution in [0.25, 0.3) is 0 Å². The van der Waals surface area contributed by atoms with Crippen LogP contribution in [-0.2, 0) is 10.4 Å². The number of nitrogens with zero attached hydrogens (tertiary/aromatic N) is 1. The second-order valence-corrected chi connectivity index (χ2v) is 4.63. The predicted octanol–water partition coefficient (Wildman–Crippen LogP) is 1.69. The van der Waals surface area contributed by atoms with Crippen LogP contribution in [-0.4, -0.2) is 41.2 Å². The zero-order valence-electron chi connectivity index (χ0n) is 11.0. The quantitative estimate of drug-likeness (QED) is 0.839. The molecule has 0 aliphatic carbocycles. The third-order valence-electron chi connectivity index (χ3n) is 3.05. The van der Waals surface area contributed by atoms with E-state index in [-0.39, 0.29) is 6.42 Å². The molecule has 100 valence electrons. The number of rotatable bonds is 2. The summed E-state index contributed by atoms with van der Waals surface area (Å²) in [4.78, 5) is 11.5. The molecular weight excluding hydrogens is 230 g/mol. The van der Waals surface area contributed by atoms with E-state index in [1.54, 1.807) is 6.92 Å². The molecule has 1 saturated heterocycles. The van der Waals surface area contributed by atoms with E-state index in [9.17, 15) is 9.90 Å². The fraction of sp³-hybridized carbons (Fsp3) is 0.500. The van der Waals surface area contributed by atoms with Gasteiger partial charge in [0.1, 0.15) is 5.60 Å². The lowest BCUT2D eigenvalue weighted by atomic mass is 9.93. The number of likely N-dealkylation sites (tertiary alicyclic amines) is 1. The van der Waals surface area contributed by atoms with Crippen LogP contribution >= 0.6 is 0 Å². The van der Waals surface area contributed by atoms with Crippen LogP contribution in [0.5, 0.6) is 0 Å². The van der Waals surface area contributed by atoms with Crippen LogP contribution in [0.2, 0.25) is 0 Å². The average molecular weight is 251 g/mol. The first kappa shape index (κ1) is 14.7. The van der Waals surface area contributed by atoms with Crippen molar-refractivity contribution in [2.45, 2.75) is 25.4 Å². The molecule has 0 amide bonds. The Balaban J connectivity index is 0.000000280. The van der Waals surface area contributed by atoms with Gasteiger partial charge in [-0.3, -0.25) is 4.79 Å². The maximum Gasteiger partial charge on any atom is 0.303 e. The molecule has 1 atom stereocenters. The molecule has 0 aromatic heterocycles. The molecule has 0 bridgehead atoms. The molecule has 1 aromatic rings. The van der Waals surface area contributed by atoms with Crippen LogP contribution in [0.4, 0.5) is 0 Å². The number of carbonyl (C=O) groups is 1. The SMILES string of the molecule is CCC(=O)O.CN1CCC(O)(c2ccccc2)C1. The summed E-state index contributed by atoms with van der Waals surface area (Å²) in [6, 6.07) is 9.93. The van der Waals surface area contributed by atoms with E-state index in [2.05, 4.69) is 4.90 Å². The molecule has 1 fully saturated rings. The van der Waals surface area contributed by atoms with Crippen molar-refractivity contribution in [3.63, 3.8) is 0 Å². The molecule has 0 radical (unpaired) electrons. The standard InChI is InChI=1S/C11H15NO.C3H6O2/c1-12-8-7-11(13,9-12)10-5-3-2-4-6-10;1-2-3(4)5/h2-6,13H,7-9H2,1H3;2H2,1H3,(H,4,5). The highest BCUT2D eigenvalue weighted by Crippen LogP contribution is 2.30. The Hall–Kier alpha value is -1.39. The second kappa shape index (κ2) is 6.52. The Morgan fingerprint density at radius 2 is 1.94 bits per heavy atom. The molecule has 1 unspecified atom stereocenters. The minimum absolute atomic E-state index is 0.222. The molecule has 2 N–H and O–H groups in total. The average Bonchev–Trinajstić information content (AvgIpc) is 2.72. The number of likely N-dealkylation sites (N-methyl/N-ethyl adjacent to an activating group) is 1. The molecule has 2 rings (SSSR count). The summed E-state index contributed by atoms with van der Waals surface area (Å²) in [6.07, 6.45) is 1.06. The number of carboxylic acids is 1. The molecule has 4 nitrogen and oxygen atoms in total. The Morgan fingerprint density at radius 3 is 2.33 bits per heavy atom. The fourth-order valence-electron chi connectivity index (χ4n) is 1.96. The number of hydrogen-bond donors (Lipinski definition) is 2. The van der Waals surface area contributed by atoms with Crippen molar-refractivity contribution in [3.8, 4) is 0 Å². The van der Waals surface area contributed by atoms with E-state index >= 15 is 0 Å². The first-order valence-corrected chi connectivity index (χ1v) is 6.16. The minimum Gasteiger partial charge on any atom is -0.481 e. The van der Waals surface area contributed by atoms with Crippen LogP contribution in [0.15, 0.2) is 30.3 Å². The van der Waals surface area contributed by atoms with Crippen LogP contribution in [0.1, 0.15) is 25.3 Å². The van der Waals surface area contributed by atoms with Gasteiger partial charge >= 0.3 is 5.97 Å². The third kappa shape index (κ3) is 4.13. The van der Waals surface area contributed by atoms with Gasteiger partial charge < -0.3 is 15.1 Å². The normalized spacial score (nSPS) is 23.3. The van der Waals surface area contributed by atoms with Gasteiger partial charge in [0.25, 0.3) is 0 Å². The number of β-amino-alcohol motifs (C(OH)–C–C–N with tert-alkyl or cyclic N) is 1. The number of aliphatic hydroxyl groups is 1. The lowest BCUT2D eigenvalue weighted by molar-refractivity contribution is -0.136. The van der Waals surface area contributed by atoms with Crippen LogP contribution < -0.4 is 0 Å². The third-order valence-corrected chi connectivity index (χ3v) is 3.05. The van der Waals surface area contributed by atoms with Crippen molar-refractivity contribution in [2.24, 2.45) is 0 Å². The van der Waals surface area contributed by atoms with Gasteiger partial charge in [0.05, 0.1) is 0 Å². The van der Waals surface area contributed by atoms with Crippen molar-refractivity contribution in [1.29, 1.82) is 0 Å². The summed E-state index contributed by atoms with van der Waals surface area (Å²) in [7, 11) is 2.04. The summed E-state index contributed by atoms with van der Waals surface area (Å²) < 4.78 is 0. The predicted molar refractivity (Wildman–Crippen MR) is 70.4 cm³/mol. The van der Waals surface area contributed by atoms with Gasteiger partial charge in [-0.2, -0.15) is 0 Å². The van der Waals surface area contributed by atoms with E-state index in [1.807, 2.05) is 37.4 Å². The molecule has 0 saturated carbocycles.